The van der Waals surface area contributed by atoms with Gasteiger partial charge in [-0.2, -0.15) is 0 Å². The zero-order valence-corrected chi connectivity index (χ0v) is 15.3. The maximum Gasteiger partial charge on any atom is 0.409 e. The molecule has 25 heavy (non-hydrogen) atoms. The van der Waals surface area contributed by atoms with Gasteiger partial charge >= 0.3 is 6.09 Å². The van der Waals surface area contributed by atoms with Crippen molar-refractivity contribution in [2.45, 2.75) is 25.7 Å². The number of benzene rings is 1. The second-order valence-electron chi connectivity index (χ2n) is 7.43. The maximum atomic E-state index is 12.0. The fraction of sp³-hybridized carbons (Fsp3) is 0.632. The third kappa shape index (κ3) is 3.68. The minimum atomic E-state index is -0.305. The molecule has 0 spiro atoms. The number of amides is 1. The molecule has 6 nitrogen and oxygen atoms in total. The van der Waals surface area contributed by atoms with Crippen LogP contribution in [0.1, 0.15) is 31.2 Å². The normalized spacial score (nSPS) is 25.8. The highest BCUT2D eigenvalue weighted by atomic mass is 16.5. The SMILES string of the molecule is COC(=O)N1CC(c2ccc(OC)c(OCC3CC3)c2)[C@](C)(CN)C1. The van der Waals surface area contributed by atoms with Gasteiger partial charge in [-0.15, -0.1) is 0 Å². The van der Waals surface area contributed by atoms with Gasteiger partial charge in [0.1, 0.15) is 0 Å². The summed E-state index contributed by atoms with van der Waals surface area (Å²) < 4.78 is 16.3. The molecule has 1 unspecified atom stereocenters. The molecule has 1 saturated carbocycles. The predicted octanol–water partition coefficient (Wildman–Crippen LogP) is 2.61. The molecule has 2 aliphatic rings. The molecule has 0 aromatic heterocycles. The molecule has 1 aromatic rings. The largest absolute Gasteiger partial charge is 0.493 e. The van der Waals surface area contributed by atoms with E-state index in [1.54, 1.807) is 12.0 Å². The van der Waals surface area contributed by atoms with Gasteiger partial charge in [-0.25, -0.2) is 4.79 Å². The summed E-state index contributed by atoms with van der Waals surface area (Å²) in [6.45, 7) is 4.53. The Bertz CT molecular complexity index is 632. The van der Waals surface area contributed by atoms with Gasteiger partial charge in [0.25, 0.3) is 0 Å². The molecular weight excluding hydrogens is 320 g/mol. The monoisotopic (exact) mass is 348 g/mol. The lowest BCUT2D eigenvalue weighted by molar-refractivity contribution is 0.128. The molecule has 2 N–H and O–H groups in total. The Morgan fingerprint density at radius 3 is 2.68 bits per heavy atom. The number of likely N-dealkylation sites (tertiary alicyclic amines) is 1. The predicted molar refractivity (Wildman–Crippen MR) is 95.1 cm³/mol. The van der Waals surface area contributed by atoms with Crippen LogP contribution in [0.3, 0.4) is 0 Å². The third-order valence-corrected chi connectivity index (χ3v) is 5.46. The Morgan fingerprint density at radius 2 is 2.08 bits per heavy atom. The van der Waals surface area contributed by atoms with Crippen LogP contribution in [0.4, 0.5) is 4.79 Å². The third-order valence-electron chi connectivity index (χ3n) is 5.46. The lowest BCUT2D eigenvalue weighted by atomic mass is 9.76. The summed E-state index contributed by atoms with van der Waals surface area (Å²) >= 11 is 0. The molecule has 0 bridgehead atoms. The average Bonchev–Trinajstić information content (AvgIpc) is 3.40. The molecule has 1 amide bonds. The van der Waals surface area contributed by atoms with Crippen molar-refractivity contribution in [3.8, 4) is 11.5 Å². The van der Waals surface area contributed by atoms with E-state index < -0.39 is 0 Å². The molecule has 6 heteroatoms. The Labute approximate surface area is 149 Å². The molecule has 2 fully saturated rings. The summed E-state index contributed by atoms with van der Waals surface area (Å²) in [5.74, 6) is 2.30. The second-order valence-corrected chi connectivity index (χ2v) is 7.43. The molecule has 1 aliphatic heterocycles. The van der Waals surface area contributed by atoms with Gasteiger partial charge < -0.3 is 24.8 Å². The van der Waals surface area contributed by atoms with Crippen LogP contribution in [0.2, 0.25) is 0 Å². The molecule has 1 aliphatic carbocycles. The minimum Gasteiger partial charge on any atom is -0.493 e. The molecule has 1 saturated heterocycles. The smallest absolute Gasteiger partial charge is 0.409 e. The van der Waals surface area contributed by atoms with Crippen LogP contribution < -0.4 is 15.2 Å². The van der Waals surface area contributed by atoms with Crippen LogP contribution >= 0.6 is 0 Å². The van der Waals surface area contributed by atoms with Gasteiger partial charge in [-0.3, -0.25) is 0 Å². The van der Waals surface area contributed by atoms with E-state index in [0.29, 0.717) is 25.6 Å². The van der Waals surface area contributed by atoms with E-state index in [4.69, 9.17) is 19.9 Å². The van der Waals surface area contributed by atoms with Gasteiger partial charge in [0.2, 0.25) is 0 Å². The fourth-order valence-corrected chi connectivity index (χ4v) is 3.55. The van der Waals surface area contributed by atoms with E-state index >= 15 is 0 Å². The minimum absolute atomic E-state index is 0.130. The van der Waals surface area contributed by atoms with Gasteiger partial charge in [-0.1, -0.05) is 13.0 Å². The number of carbonyl (C=O) groups excluding carboxylic acids is 1. The van der Waals surface area contributed by atoms with Gasteiger partial charge in [0.05, 0.1) is 20.8 Å². The molecule has 0 radical (unpaired) electrons. The highest BCUT2D eigenvalue weighted by molar-refractivity contribution is 5.68. The summed E-state index contributed by atoms with van der Waals surface area (Å²) in [5, 5.41) is 0. The van der Waals surface area contributed by atoms with Gasteiger partial charge in [0.15, 0.2) is 11.5 Å². The van der Waals surface area contributed by atoms with Crippen molar-refractivity contribution in [1.29, 1.82) is 0 Å². The molecule has 2 atom stereocenters. The molecular formula is C19H28N2O4. The number of ether oxygens (including phenoxy) is 3. The van der Waals surface area contributed by atoms with E-state index in [2.05, 4.69) is 6.92 Å². The summed E-state index contributed by atoms with van der Waals surface area (Å²) in [6, 6.07) is 6.03. The van der Waals surface area contributed by atoms with Crippen molar-refractivity contribution in [1.82, 2.24) is 4.90 Å². The molecule has 1 aromatic carbocycles. The zero-order valence-electron chi connectivity index (χ0n) is 15.3. The zero-order chi connectivity index (χ0) is 18.0. The van der Waals surface area contributed by atoms with E-state index in [1.807, 2.05) is 18.2 Å². The van der Waals surface area contributed by atoms with Crippen LogP contribution in [0, 0.1) is 11.3 Å². The van der Waals surface area contributed by atoms with Crippen molar-refractivity contribution < 1.29 is 19.0 Å². The van der Waals surface area contributed by atoms with E-state index in [0.717, 1.165) is 23.7 Å². The standard InChI is InChI=1S/C19H28N2O4/c1-19(11-20)12-21(18(22)24-3)9-15(19)14-6-7-16(23-2)17(8-14)25-10-13-4-5-13/h6-8,13,15H,4-5,9-12,20H2,1-3H3/t15?,19-/m1/s1. The van der Waals surface area contributed by atoms with Crippen LogP contribution in [0.5, 0.6) is 11.5 Å². The van der Waals surface area contributed by atoms with Crippen molar-refractivity contribution in [2.24, 2.45) is 17.1 Å². The van der Waals surface area contributed by atoms with Crippen molar-refractivity contribution in [2.75, 3.05) is 40.5 Å². The number of nitrogens with two attached hydrogens (primary N) is 1. The number of carbonyl (C=O) groups is 1. The lowest BCUT2D eigenvalue weighted by Gasteiger charge is -2.29. The van der Waals surface area contributed by atoms with Crippen LogP contribution in [0.15, 0.2) is 18.2 Å². The van der Waals surface area contributed by atoms with Crippen molar-refractivity contribution in [3.05, 3.63) is 23.8 Å². The van der Waals surface area contributed by atoms with E-state index in [9.17, 15) is 4.79 Å². The summed E-state index contributed by atoms with van der Waals surface area (Å²) in [4.78, 5) is 13.7. The molecule has 3 rings (SSSR count). The van der Waals surface area contributed by atoms with Crippen molar-refractivity contribution >= 4 is 6.09 Å². The Morgan fingerprint density at radius 1 is 1.32 bits per heavy atom. The first-order valence-electron chi connectivity index (χ1n) is 8.84. The topological polar surface area (TPSA) is 74.0 Å². The van der Waals surface area contributed by atoms with E-state index in [-0.39, 0.29) is 17.4 Å². The van der Waals surface area contributed by atoms with Crippen molar-refractivity contribution in [3.63, 3.8) is 0 Å². The van der Waals surface area contributed by atoms with Crippen LogP contribution in [0.25, 0.3) is 0 Å². The molecule has 1 heterocycles. The number of rotatable bonds is 6. The average molecular weight is 348 g/mol. The number of nitrogens with zero attached hydrogens (tertiary/aromatic N) is 1. The number of hydrogen-bond acceptors (Lipinski definition) is 5. The summed E-state index contributed by atoms with van der Waals surface area (Å²) in [5.41, 5.74) is 6.98. The first-order valence-corrected chi connectivity index (χ1v) is 8.84. The Balaban J connectivity index is 1.85. The number of hydrogen-bond donors (Lipinski definition) is 1. The second kappa shape index (κ2) is 7.12. The molecule has 138 valence electrons. The fourth-order valence-electron chi connectivity index (χ4n) is 3.55. The van der Waals surface area contributed by atoms with Crippen LogP contribution in [-0.4, -0.2) is 51.5 Å². The number of methoxy groups -OCH3 is 2. The van der Waals surface area contributed by atoms with E-state index in [1.165, 1.54) is 20.0 Å². The quantitative estimate of drug-likeness (QED) is 0.855. The highest BCUT2D eigenvalue weighted by Crippen LogP contribution is 2.44. The Kier molecular flexibility index (Phi) is 5.08. The lowest BCUT2D eigenvalue weighted by Crippen LogP contribution is -2.35. The summed E-state index contributed by atoms with van der Waals surface area (Å²) in [7, 11) is 3.06. The highest BCUT2D eigenvalue weighted by Gasteiger charge is 2.45. The Hall–Kier alpha value is -1.95. The van der Waals surface area contributed by atoms with Gasteiger partial charge in [0, 0.05) is 31.0 Å². The first kappa shape index (κ1) is 17.9. The van der Waals surface area contributed by atoms with Crippen LogP contribution in [-0.2, 0) is 4.74 Å². The first-order chi connectivity index (χ1) is 12.0. The summed E-state index contributed by atoms with van der Waals surface area (Å²) in [6.07, 6.45) is 2.18. The maximum absolute atomic E-state index is 12.0. The van der Waals surface area contributed by atoms with Gasteiger partial charge in [-0.05, 0) is 36.5 Å².